The quantitative estimate of drug-likeness (QED) is 0.499. The fraction of sp³-hybridized carbons (Fsp3) is 0.0455. The second-order valence-electron chi connectivity index (χ2n) is 6.04. The van der Waals surface area contributed by atoms with Gasteiger partial charge in [-0.05, 0) is 60.7 Å². The molecule has 3 aromatic carbocycles. The Balaban J connectivity index is 1.46. The Labute approximate surface area is 156 Å². The Morgan fingerprint density at radius 2 is 1.56 bits per heavy atom. The largest absolute Gasteiger partial charge is 0.497 e. The molecule has 2 N–H and O–H groups in total. The van der Waals surface area contributed by atoms with E-state index in [0.29, 0.717) is 11.3 Å². The van der Waals surface area contributed by atoms with Crippen LogP contribution in [-0.4, -0.2) is 13.0 Å². The second kappa shape index (κ2) is 7.25. The van der Waals surface area contributed by atoms with E-state index >= 15 is 0 Å². The van der Waals surface area contributed by atoms with Crippen LogP contribution in [0.25, 0.3) is 11.0 Å². The molecule has 0 saturated heterocycles. The molecule has 0 aliphatic heterocycles. The molecule has 0 saturated carbocycles. The molecule has 1 amide bonds. The lowest BCUT2D eigenvalue weighted by Gasteiger charge is -2.08. The molecule has 0 atom stereocenters. The van der Waals surface area contributed by atoms with Crippen molar-refractivity contribution < 1.29 is 13.9 Å². The van der Waals surface area contributed by atoms with Crippen LogP contribution < -0.4 is 15.4 Å². The Bertz CT molecular complexity index is 1070. The number of fused-ring (bicyclic) bond motifs is 1. The van der Waals surface area contributed by atoms with E-state index in [9.17, 15) is 4.79 Å². The maximum absolute atomic E-state index is 12.5. The number of carbonyl (C=O) groups excluding carboxylic acids is 1. The molecule has 4 rings (SSSR count). The molecule has 0 aliphatic rings. The van der Waals surface area contributed by atoms with E-state index in [1.54, 1.807) is 25.3 Å². The summed E-state index contributed by atoms with van der Waals surface area (Å²) in [7, 11) is 1.60. The zero-order valence-electron chi connectivity index (χ0n) is 14.7. The lowest BCUT2D eigenvalue weighted by Crippen LogP contribution is -2.10. The number of furan rings is 1. The number of carbonyl (C=O) groups is 1. The van der Waals surface area contributed by atoms with Gasteiger partial charge in [0.1, 0.15) is 11.3 Å². The minimum atomic E-state index is -0.297. The Morgan fingerprint density at radius 3 is 2.30 bits per heavy atom. The first-order valence-electron chi connectivity index (χ1n) is 8.52. The number of hydrogen-bond acceptors (Lipinski definition) is 4. The van der Waals surface area contributed by atoms with Gasteiger partial charge in [-0.15, -0.1) is 0 Å². The highest BCUT2D eigenvalue weighted by atomic mass is 16.5. The molecule has 0 unspecified atom stereocenters. The average molecular weight is 358 g/mol. The zero-order chi connectivity index (χ0) is 18.6. The van der Waals surface area contributed by atoms with Crippen molar-refractivity contribution in [2.75, 3.05) is 17.7 Å². The van der Waals surface area contributed by atoms with Gasteiger partial charge in [-0.3, -0.25) is 4.79 Å². The van der Waals surface area contributed by atoms with Crippen LogP contribution in [0.1, 0.15) is 10.6 Å². The topological polar surface area (TPSA) is 63.5 Å². The normalized spacial score (nSPS) is 10.6. The van der Waals surface area contributed by atoms with E-state index in [2.05, 4.69) is 10.6 Å². The molecule has 0 bridgehead atoms. The van der Waals surface area contributed by atoms with Crippen molar-refractivity contribution >= 4 is 33.9 Å². The van der Waals surface area contributed by atoms with E-state index in [1.165, 1.54) is 0 Å². The summed E-state index contributed by atoms with van der Waals surface area (Å²) in [5, 5.41) is 6.97. The first-order valence-corrected chi connectivity index (χ1v) is 8.52. The molecule has 27 heavy (non-hydrogen) atoms. The summed E-state index contributed by atoms with van der Waals surface area (Å²) in [6.07, 6.45) is 0. The molecule has 0 aliphatic carbocycles. The van der Waals surface area contributed by atoms with Crippen LogP contribution in [0.2, 0.25) is 0 Å². The zero-order valence-corrected chi connectivity index (χ0v) is 14.7. The minimum absolute atomic E-state index is 0.254. The fourth-order valence-electron chi connectivity index (χ4n) is 2.78. The molecule has 0 spiro atoms. The predicted octanol–water partition coefficient (Wildman–Crippen LogP) is 5.44. The molecule has 134 valence electrons. The van der Waals surface area contributed by atoms with Gasteiger partial charge in [-0.2, -0.15) is 0 Å². The minimum Gasteiger partial charge on any atom is -0.497 e. The number of amides is 1. The summed E-state index contributed by atoms with van der Waals surface area (Å²) >= 11 is 0. The number of hydrogen-bond donors (Lipinski definition) is 2. The van der Waals surface area contributed by atoms with E-state index < -0.39 is 0 Å². The molecule has 0 radical (unpaired) electrons. The molecule has 1 aromatic heterocycles. The summed E-state index contributed by atoms with van der Waals surface area (Å²) in [6, 6.07) is 24.5. The van der Waals surface area contributed by atoms with Crippen LogP contribution in [0.4, 0.5) is 17.1 Å². The van der Waals surface area contributed by atoms with E-state index in [1.807, 2.05) is 60.7 Å². The number of ether oxygens (including phenoxy) is 1. The Morgan fingerprint density at radius 1 is 0.852 bits per heavy atom. The summed E-state index contributed by atoms with van der Waals surface area (Å²) in [5.41, 5.74) is 3.28. The van der Waals surface area contributed by atoms with Crippen molar-refractivity contribution in [3.8, 4) is 5.75 Å². The van der Waals surface area contributed by atoms with Gasteiger partial charge in [0.05, 0.1) is 7.11 Å². The van der Waals surface area contributed by atoms with Crippen LogP contribution in [0.15, 0.2) is 83.3 Å². The van der Waals surface area contributed by atoms with Gasteiger partial charge in [0, 0.05) is 22.4 Å². The summed E-state index contributed by atoms with van der Waals surface area (Å²) < 4.78 is 10.8. The standard InChI is InChI=1S/C22H18N2O3/c1-26-19-11-12-20-15(13-19)14-21(27-20)22(25)24-18-9-7-17(8-10-18)23-16-5-3-2-4-6-16/h2-14,23H,1H3,(H,24,25). The maximum atomic E-state index is 12.5. The van der Waals surface area contributed by atoms with Crippen LogP contribution in [0.5, 0.6) is 5.75 Å². The second-order valence-corrected chi connectivity index (χ2v) is 6.04. The number of para-hydroxylation sites is 1. The first-order chi connectivity index (χ1) is 13.2. The molecular formula is C22H18N2O3. The van der Waals surface area contributed by atoms with Gasteiger partial charge in [0.25, 0.3) is 5.91 Å². The third kappa shape index (κ3) is 3.77. The van der Waals surface area contributed by atoms with Gasteiger partial charge in [0.15, 0.2) is 5.76 Å². The molecule has 4 aromatic rings. The van der Waals surface area contributed by atoms with Crippen molar-refractivity contribution in [3.05, 3.63) is 84.6 Å². The highest BCUT2D eigenvalue weighted by molar-refractivity contribution is 6.04. The number of anilines is 3. The molecule has 0 fully saturated rings. The maximum Gasteiger partial charge on any atom is 0.291 e. The predicted molar refractivity (Wildman–Crippen MR) is 107 cm³/mol. The van der Waals surface area contributed by atoms with Crippen LogP contribution in [-0.2, 0) is 0 Å². The SMILES string of the molecule is COc1ccc2oc(C(=O)Nc3ccc(Nc4ccccc4)cc3)cc2c1. The number of benzene rings is 3. The number of nitrogens with one attached hydrogen (secondary N) is 2. The first kappa shape index (κ1) is 16.7. The lowest BCUT2D eigenvalue weighted by atomic mass is 10.2. The summed E-state index contributed by atoms with van der Waals surface area (Å²) in [6.45, 7) is 0. The number of rotatable bonds is 5. The van der Waals surface area contributed by atoms with Crippen LogP contribution >= 0.6 is 0 Å². The van der Waals surface area contributed by atoms with Crippen LogP contribution in [0.3, 0.4) is 0 Å². The smallest absolute Gasteiger partial charge is 0.291 e. The highest BCUT2D eigenvalue weighted by Crippen LogP contribution is 2.25. The van der Waals surface area contributed by atoms with Crippen molar-refractivity contribution in [1.82, 2.24) is 0 Å². The Kier molecular flexibility index (Phi) is 4.49. The number of methoxy groups -OCH3 is 1. The van der Waals surface area contributed by atoms with E-state index in [4.69, 9.17) is 9.15 Å². The van der Waals surface area contributed by atoms with Crippen LogP contribution in [0, 0.1) is 0 Å². The van der Waals surface area contributed by atoms with Gasteiger partial charge >= 0.3 is 0 Å². The Hall–Kier alpha value is -3.73. The average Bonchev–Trinajstić information content (AvgIpc) is 3.13. The van der Waals surface area contributed by atoms with E-state index in [0.717, 1.165) is 22.5 Å². The van der Waals surface area contributed by atoms with Crippen molar-refractivity contribution in [1.29, 1.82) is 0 Å². The molecule has 5 heteroatoms. The van der Waals surface area contributed by atoms with Gasteiger partial charge in [-0.1, -0.05) is 18.2 Å². The third-order valence-electron chi connectivity index (χ3n) is 4.15. The van der Waals surface area contributed by atoms with Crippen molar-refractivity contribution in [2.24, 2.45) is 0 Å². The fourth-order valence-corrected chi connectivity index (χ4v) is 2.78. The van der Waals surface area contributed by atoms with Crippen molar-refractivity contribution in [3.63, 3.8) is 0 Å². The lowest BCUT2D eigenvalue weighted by molar-refractivity contribution is 0.0998. The van der Waals surface area contributed by atoms with E-state index in [-0.39, 0.29) is 11.7 Å². The van der Waals surface area contributed by atoms with Gasteiger partial charge in [0.2, 0.25) is 0 Å². The molecule has 1 heterocycles. The molecule has 5 nitrogen and oxygen atoms in total. The van der Waals surface area contributed by atoms with Gasteiger partial charge in [-0.25, -0.2) is 0 Å². The highest BCUT2D eigenvalue weighted by Gasteiger charge is 2.13. The summed E-state index contributed by atoms with van der Waals surface area (Å²) in [5.74, 6) is 0.676. The monoisotopic (exact) mass is 358 g/mol. The molecular weight excluding hydrogens is 340 g/mol. The third-order valence-corrected chi connectivity index (χ3v) is 4.15. The summed E-state index contributed by atoms with van der Waals surface area (Å²) in [4.78, 5) is 12.5. The van der Waals surface area contributed by atoms with Gasteiger partial charge < -0.3 is 19.8 Å². The van der Waals surface area contributed by atoms with Crippen molar-refractivity contribution in [2.45, 2.75) is 0 Å².